The molecule has 1 N–H and O–H groups in total. The molecule has 0 bridgehead atoms. The van der Waals surface area contributed by atoms with Gasteiger partial charge in [0.05, 0.1) is 11.4 Å². The molecule has 2 aliphatic rings. The van der Waals surface area contributed by atoms with Gasteiger partial charge in [-0.1, -0.05) is 36.4 Å². The van der Waals surface area contributed by atoms with Crippen molar-refractivity contribution in [3.05, 3.63) is 95.3 Å². The third-order valence-corrected chi connectivity index (χ3v) is 6.20. The summed E-state index contributed by atoms with van der Waals surface area (Å²) < 4.78 is 13.7. The zero-order valence-corrected chi connectivity index (χ0v) is 18.1. The van der Waals surface area contributed by atoms with Gasteiger partial charge in [-0.15, -0.1) is 0 Å². The molecule has 1 saturated heterocycles. The minimum absolute atomic E-state index is 0.0413. The Hall–Kier alpha value is -3.80. The lowest BCUT2D eigenvalue weighted by Gasteiger charge is -2.26. The van der Waals surface area contributed by atoms with E-state index in [1.165, 1.54) is 18.6 Å². The van der Waals surface area contributed by atoms with Crippen molar-refractivity contribution < 1.29 is 14.0 Å². The molecule has 5 nitrogen and oxygen atoms in total. The van der Waals surface area contributed by atoms with Crippen LogP contribution in [0.15, 0.2) is 77.8 Å². The molecule has 1 fully saturated rings. The predicted octanol–water partition coefficient (Wildman–Crippen LogP) is 5.31. The molecule has 3 aromatic carbocycles. The van der Waals surface area contributed by atoms with Crippen LogP contribution in [0.4, 0.5) is 15.8 Å². The van der Waals surface area contributed by atoms with Gasteiger partial charge >= 0.3 is 0 Å². The Bertz CT molecular complexity index is 1220. The first kappa shape index (κ1) is 21.1. The average Bonchev–Trinajstić information content (AvgIpc) is 3.18. The molecule has 6 heteroatoms. The number of nitrogens with one attached hydrogen (secondary N) is 1. The van der Waals surface area contributed by atoms with Crippen LogP contribution in [0.5, 0.6) is 0 Å². The number of likely N-dealkylation sites (tertiary alicyclic amines) is 1. The first-order valence-electron chi connectivity index (χ1n) is 11.2. The van der Waals surface area contributed by atoms with Crippen molar-refractivity contribution in [2.45, 2.75) is 25.2 Å². The van der Waals surface area contributed by atoms with Crippen LogP contribution in [0.25, 0.3) is 0 Å². The zero-order chi connectivity index (χ0) is 22.8. The fourth-order valence-corrected chi connectivity index (χ4v) is 4.51. The summed E-state index contributed by atoms with van der Waals surface area (Å²) in [6, 6.07) is 21.0. The van der Waals surface area contributed by atoms with Gasteiger partial charge in [-0.2, -0.15) is 0 Å². The van der Waals surface area contributed by atoms with E-state index in [4.69, 9.17) is 4.99 Å². The molecule has 0 radical (unpaired) electrons. The van der Waals surface area contributed by atoms with Gasteiger partial charge in [0.1, 0.15) is 11.7 Å². The topological polar surface area (TPSA) is 61.8 Å². The number of hydrogen-bond acceptors (Lipinski definition) is 3. The number of anilines is 1. The molecule has 5 rings (SSSR count). The fraction of sp³-hybridized carbons (Fsp3) is 0.222. The highest BCUT2D eigenvalue weighted by Crippen LogP contribution is 2.36. The van der Waals surface area contributed by atoms with E-state index in [1.807, 2.05) is 35.2 Å². The largest absolute Gasteiger partial charge is 0.339 e. The van der Waals surface area contributed by atoms with Crippen LogP contribution in [-0.2, 0) is 4.79 Å². The lowest BCUT2D eigenvalue weighted by Crippen LogP contribution is -2.35. The van der Waals surface area contributed by atoms with E-state index in [0.29, 0.717) is 28.2 Å². The molecular formula is C27H24FN3O2. The van der Waals surface area contributed by atoms with Gasteiger partial charge in [-0.25, -0.2) is 4.39 Å². The van der Waals surface area contributed by atoms with E-state index >= 15 is 0 Å². The van der Waals surface area contributed by atoms with Gasteiger partial charge in [-0.05, 0) is 66.8 Å². The van der Waals surface area contributed by atoms with Crippen molar-refractivity contribution in [2.75, 3.05) is 18.4 Å². The number of hydrogen-bond donors (Lipinski definition) is 1. The van der Waals surface area contributed by atoms with Crippen molar-refractivity contribution in [1.82, 2.24) is 4.90 Å². The average molecular weight is 442 g/mol. The molecule has 1 unspecified atom stereocenters. The summed E-state index contributed by atoms with van der Waals surface area (Å²) in [5.41, 5.74) is 3.83. The van der Waals surface area contributed by atoms with Gasteiger partial charge in [0.15, 0.2) is 0 Å². The Kier molecular flexibility index (Phi) is 5.73. The highest BCUT2D eigenvalue weighted by Gasteiger charge is 2.35. The quantitative estimate of drug-likeness (QED) is 0.558. The summed E-state index contributed by atoms with van der Waals surface area (Å²) in [5, 5.41) is 2.77. The van der Waals surface area contributed by atoms with E-state index in [-0.39, 0.29) is 11.8 Å². The number of carbonyl (C=O) groups is 2. The van der Waals surface area contributed by atoms with E-state index in [1.54, 1.807) is 30.3 Å². The van der Waals surface area contributed by atoms with Gasteiger partial charge in [0.25, 0.3) is 5.91 Å². The molecule has 33 heavy (non-hydrogen) atoms. The molecule has 3 aromatic rings. The van der Waals surface area contributed by atoms with E-state index in [2.05, 4.69) is 5.32 Å². The Morgan fingerprint density at radius 2 is 1.64 bits per heavy atom. The molecule has 2 heterocycles. The second-order valence-electron chi connectivity index (χ2n) is 8.42. The maximum absolute atomic E-state index is 13.7. The minimum atomic E-state index is -0.655. The smallest absolute Gasteiger partial charge is 0.253 e. The third kappa shape index (κ3) is 4.29. The maximum atomic E-state index is 13.7. The second kappa shape index (κ2) is 8.98. The minimum Gasteiger partial charge on any atom is -0.339 e. The number of halogens is 1. The number of aliphatic imine (C=N–C) groups is 1. The second-order valence-corrected chi connectivity index (χ2v) is 8.42. The fourth-order valence-electron chi connectivity index (χ4n) is 4.51. The van der Waals surface area contributed by atoms with Gasteiger partial charge < -0.3 is 10.2 Å². The van der Waals surface area contributed by atoms with Crippen LogP contribution < -0.4 is 5.32 Å². The number of amides is 2. The number of carbonyl (C=O) groups excluding carboxylic acids is 2. The van der Waals surface area contributed by atoms with Crippen molar-refractivity contribution >= 4 is 28.9 Å². The van der Waals surface area contributed by atoms with Crippen molar-refractivity contribution in [3.63, 3.8) is 0 Å². The van der Waals surface area contributed by atoms with Crippen LogP contribution in [0.2, 0.25) is 0 Å². The highest BCUT2D eigenvalue weighted by molar-refractivity contribution is 6.24. The van der Waals surface area contributed by atoms with Crippen molar-refractivity contribution in [3.8, 4) is 0 Å². The number of nitrogens with zero attached hydrogens (tertiary/aromatic N) is 2. The number of benzene rings is 3. The van der Waals surface area contributed by atoms with Gasteiger partial charge in [-0.3, -0.25) is 14.6 Å². The number of rotatable bonds is 4. The van der Waals surface area contributed by atoms with Crippen molar-refractivity contribution in [1.29, 1.82) is 0 Å². The van der Waals surface area contributed by atoms with Crippen LogP contribution in [0, 0.1) is 5.82 Å². The summed E-state index contributed by atoms with van der Waals surface area (Å²) in [6.45, 7) is 1.60. The molecule has 1 atom stereocenters. The molecular weight excluding hydrogens is 417 g/mol. The normalized spacial score (nSPS) is 18.1. The number of piperidine rings is 1. The Balaban J connectivity index is 1.50. The monoisotopic (exact) mass is 441 g/mol. The standard InChI is InChI=1S/C27H24FN3O2/c28-20-11-14-22-23(17-20)30-26(32)24(22)25(18-7-3-1-4-8-18)29-21-12-9-19(10-13-21)27(33)31-15-5-2-6-16-31/h1,3-4,7-14,17,24H,2,5-6,15-16H2,(H,30,32). The summed E-state index contributed by atoms with van der Waals surface area (Å²) in [7, 11) is 0. The van der Waals surface area contributed by atoms with Crippen LogP contribution in [-0.4, -0.2) is 35.5 Å². The highest BCUT2D eigenvalue weighted by atomic mass is 19.1. The van der Waals surface area contributed by atoms with Gasteiger partial charge in [0.2, 0.25) is 5.91 Å². The van der Waals surface area contributed by atoms with E-state index < -0.39 is 11.7 Å². The maximum Gasteiger partial charge on any atom is 0.253 e. The first-order valence-corrected chi connectivity index (χ1v) is 11.2. The lowest BCUT2D eigenvalue weighted by atomic mass is 9.90. The molecule has 0 aliphatic carbocycles. The molecule has 0 saturated carbocycles. The number of fused-ring (bicyclic) bond motifs is 1. The summed E-state index contributed by atoms with van der Waals surface area (Å²) >= 11 is 0. The van der Waals surface area contributed by atoms with Crippen LogP contribution >= 0.6 is 0 Å². The summed E-state index contributed by atoms with van der Waals surface area (Å²) in [5.74, 6) is -1.26. The third-order valence-electron chi connectivity index (χ3n) is 6.20. The Morgan fingerprint density at radius 3 is 2.36 bits per heavy atom. The summed E-state index contributed by atoms with van der Waals surface area (Å²) in [4.78, 5) is 32.4. The molecule has 166 valence electrons. The summed E-state index contributed by atoms with van der Waals surface area (Å²) in [6.07, 6.45) is 3.26. The van der Waals surface area contributed by atoms with Crippen LogP contribution in [0.1, 0.15) is 46.7 Å². The predicted molar refractivity (Wildman–Crippen MR) is 127 cm³/mol. The van der Waals surface area contributed by atoms with Crippen molar-refractivity contribution in [2.24, 2.45) is 4.99 Å². The molecule has 2 aliphatic heterocycles. The van der Waals surface area contributed by atoms with E-state index in [0.717, 1.165) is 31.5 Å². The Labute approximate surface area is 192 Å². The molecule has 2 amide bonds. The van der Waals surface area contributed by atoms with Crippen LogP contribution in [0.3, 0.4) is 0 Å². The molecule has 0 spiro atoms. The lowest BCUT2D eigenvalue weighted by molar-refractivity contribution is -0.115. The van der Waals surface area contributed by atoms with Gasteiger partial charge in [0, 0.05) is 24.3 Å². The first-order chi connectivity index (χ1) is 16.1. The Morgan fingerprint density at radius 1 is 0.909 bits per heavy atom. The van der Waals surface area contributed by atoms with E-state index in [9.17, 15) is 14.0 Å². The SMILES string of the molecule is O=C1Nc2cc(F)ccc2C1C(=Nc1ccc(C(=O)N2CCCCC2)cc1)c1ccccc1. The molecule has 0 aromatic heterocycles. The zero-order valence-electron chi connectivity index (χ0n) is 18.1.